The van der Waals surface area contributed by atoms with Gasteiger partial charge in [-0.05, 0) is 24.6 Å². The lowest BCUT2D eigenvalue weighted by atomic mass is 10.2. The fourth-order valence-electron chi connectivity index (χ4n) is 1.71. The smallest absolute Gasteiger partial charge is 0.273 e. The molecule has 4 N–H and O–H groups in total. The van der Waals surface area contributed by atoms with Crippen LogP contribution in [-0.2, 0) is 6.54 Å². The van der Waals surface area contributed by atoms with Crippen LogP contribution in [0.15, 0.2) is 36.5 Å². The van der Waals surface area contributed by atoms with Crippen molar-refractivity contribution < 1.29 is 4.92 Å². The monoisotopic (exact) mass is 273 g/mol. The van der Waals surface area contributed by atoms with E-state index in [0.717, 1.165) is 11.3 Å². The van der Waals surface area contributed by atoms with E-state index in [4.69, 9.17) is 5.84 Å². The van der Waals surface area contributed by atoms with Gasteiger partial charge in [-0.25, -0.2) is 0 Å². The minimum Gasteiger partial charge on any atom is -0.381 e. The molecule has 20 heavy (non-hydrogen) atoms. The molecule has 1 heterocycles. The standard InChI is InChI=1S/C13H15N5O2/c1-9-2-3-10(7-15-9)8-16-11-4-12(17-14)6-13(5-11)18(19)20/h2-7,16-17H,8,14H2,1H3. The number of aromatic nitrogens is 1. The number of rotatable bonds is 5. The molecule has 104 valence electrons. The Morgan fingerprint density at radius 2 is 2.05 bits per heavy atom. The number of pyridine rings is 1. The van der Waals surface area contributed by atoms with Crippen LogP contribution >= 0.6 is 0 Å². The SMILES string of the molecule is Cc1ccc(CNc2cc(NN)cc([N+](=O)[O-])c2)cn1. The Labute approximate surface area is 116 Å². The first-order valence-corrected chi connectivity index (χ1v) is 6.00. The second kappa shape index (κ2) is 5.98. The molecular weight excluding hydrogens is 258 g/mol. The zero-order valence-electron chi connectivity index (χ0n) is 11.0. The van der Waals surface area contributed by atoms with Gasteiger partial charge >= 0.3 is 0 Å². The quantitative estimate of drug-likeness (QED) is 0.438. The van der Waals surface area contributed by atoms with Gasteiger partial charge in [0.15, 0.2) is 0 Å². The first-order chi connectivity index (χ1) is 9.58. The minimum absolute atomic E-state index is 0.0232. The van der Waals surface area contributed by atoms with Gasteiger partial charge in [0, 0.05) is 36.3 Å². The molecule has 0 radical (unpaired) electrons. The van der Waals surface area contributed by atoms with Crippen LogP contribution in [0.25, 0.3) is 0 Å². The number of nitrogens with one attached hydrogen (secondary N) is 2. The van der Waals surface area contributed by atoms with Gasteiger partial charge in [-0.15, -0.1) is 0 Å². The second-order valence-electron chi connectivity index (χ2n) is 4.33. The summed E-state index contributed by atoms with van der Waals surface area (Å²) in [5, 5.41) is 13.9. The Kier molecular flexibility index (Phi) is 4.11. The topological polar surface area (TPSA) is 106 Å². The molecule has 0 bridgehead atoms. The van der Waals surface area contributed by atoms with Crippen molar-refractivity contribution in [2.45, 2.75) is 13.5 Å². The maximum absolute atomic E-state index is 10.8. The Morgan fingerprint density at radius 1 is 1.30 bits per heavy atom. The molecule has 0 aliphatic rings. The van der Waals surface area contributed by atoms with Crippen molar-refractivity contribution in [1.29, 1.82) is 0 Å². The number of hydrogen-bond acceptors (Lipinski definition) is 6. The van der Waals surface area contributed by atoms with Gasteiger partial charge in [0.05, 0.1) is 10.6 Å². The van der Waals surface area contributed by atoms with Crippen LogP contribution in [0, 0.1) is 17.0 Å². The highest BCUT2D eigenvalue weighted by Crippen LogP contribution is 2.24. The summed E-state index contributed by atoms with van der Waals surface area (Å²) in [6.45, 7) is 2.44. The summed E-state index contributed by atoms with van der Waals surface area (Å²) in [4.78, 5) is 14.6. The van der Waals surface area contributed by atoms with Gasteiger partial charge in [0.25, 0.3) is 5.69 Å². The summed E-state index contributed by atoms with van der Waals surface area (Å²) < 4.78 is 0. The maximum atomic E-state index is 10.8. The Hall–Kier alpha value is -2.67. The molecular formula is C13H15N5O2. The van der Waals surface area contributed by atoms with Crippen molar-refractivity contribution in [3.63, 3.8) is 0 Å². The van der Waals surface area contributed by atoms with E-state index in [1.165, 1.54) is 12.1 Å². The van der Waals surface area contributed by atoms with Gasteiger partial charge in [0.1, 0.15) is 0 Å². The molecule has 0 saturated heterocycles. The number of nitro benzene ring substituents is 1. The molecule has 0 saturated carbocycles. The molecule has 0 aliphatic carbocycles. The predicted octanol–water partition coefficient (Wildman–Crippen LogP) is 2.20. The second-order valence-corrected chi connectivity index (χ2v) is 4.33. The number of benzene rings is 1. The van der Waals surface area contributed by atoms with Crippen LogP contribution < -0.4 is 16.6 Å². The van der Waals surface area contributed by atoms with Crippen LogP contribution in [0.2, 0.25) is 0 Å². The highest BCUT2D eigenvalue weighted by Gasteiger charge is 2.09. The molecule has 2 aromatic rings. The van der Waals surface area contributed by atoms with Crippen molar-refractivity contribution in [1.82, 2.24) is 4.98 Å². The van der Waals surface area contributed by atoms with Gasteiger partial charge in [0.2, 0.25) is 0 Å². The molecule has 1 aromatic carbocycles. The first kappa shape index (κ1) is 13.8. The number of hydrazine groups is 1. The molecule has 0 fully saturated rings. The molecule has 0 amide bonds. The van der Waals surface area contributed by atoms with Crippen molar-refractivity contribution in [2.75, 3.05) is 10.7 Å². The van der Waals surface area contributed by atoms with Crippen LogP contribution in [0.4, 0.5) is 17.1 Å². The first-order valence-electron chi connectivity index (χ1n) is 6.00. The Bertz CT molecular complexity index is 613. The predicted molar refractivity (Wildman–Crippen MR) is 77.2 cm³/mol. The molecule has 0 atom stereocenters. The fourth-order valence-corrected chi connectivity index (χ4v) is 1.71. The highest BCUT2D eigenvalue weighted by atomic mass is 16.6. The van der Waals surface area contributed by atoms with Crippen LogP contribution in [0.1, 0.15) is 11.3 Å². The normalized spacial score (nSPS) is 10.1. The Morgan fingerprint density at radius 3 is 2.65 bits per heavy atom. The molecule has 7 nitrogen and oxygen atoms in total. The van der Waals surface area contributed by atoms with Gasteiger partial charge in [-0.1, -0.05) is 6.07 Å². The van der Waals surface area contributed by atoms with E-state index in [-0.39, 0.29) is 5.69 Å². The largest absolute Gasteiger partial charge is 0.381 e. The molecule has 0 unspecified atom stereocenters. The van der Waals surface area contributed by atoms with E-state index < -0.39 is 4.92 Å². The van der Waals surface area contributed by atoms with Crippen molar-refractivity contribution in [2.24, 2.45) is 5.84 Å². The van der Waals surface area contributed by atoms with Crippen molar-refractivity contribution >= 4 is 17.1 Å². The summed E-state index contributed by atoms with van der Waals surface area (Å²) in [7, 11) is 0. The number of nitrogens with zero attached hydrogens (tertiary/aromatic N) is 2. The number of anilines is 2. The molecule has 2 rings (SSSR count). The molecule has 0 aliphatic heterocycles. The number of nitrogen functional groups attached to an aromatic ring is 1. The van der Waals surface area contributed by atoms with Gasteiger partial charge in [-0.3, -0.25) is 20.9 Å². The van der Waals surface area contributed by atoms with E-state index in [0.29, 0.717) is 17.9 Å². The third-order valence-corrected chi connectivity index (χ3v) is 2.76. The third kappa shape index (κ3) is 3.42. The van der Waals surface area contributed by atoms with Crippen LogP contribution in [0.5, 0.6) is 0 Å². The zero-order valence-corrected chi connectivity index (χ0v) is 11.0. The average Bonchev–Trinajstić information content (AvgIpc) is 2.46. The maximum Gasteiger partial charge on any atom is 0.273 e. The van der Waals surface area contributed by atoms with Crippen molar-refractivity contribution in [3.05, 3.63) is 57.9 Å². The lowest BCUT2D eigenvalue weighted by molar-refractivity contribution is -0.384. The van der Waals surface area contributed by atoms with E-state index >= 15 is 0 Å². The fraction of sp³-hybridized carbons (Fsp3) is 0.154. The highest BCUT2D eigenvalue weighted by molar-refractivity contribution is 5.63. The zero-order chi connectivity index (χ0) is 14.5. The Balaban J connectivity index is 2.14. The third-order valence-electron chi connectivity index (χ3n) is 2.76. The van der Waals surface area contributed by atoms with E-state index in [2.05, 4.69) is 15.7 Å². The summed E-state index contributed by atoms with van der Waals surface area (Å²) in [5.74, 6) is 5.30. The van der Waals surface area contributed by atoms with E-state index in [1.54, 1.807) is 12.3 Å². The lowest BCUT2D eigenvalue weighted by Gasteiger charge is -2.08. The van der Waals surface area contributed by atoms with Gasteiger partial charge < -0.3 is 10.7 Å². The van der Waals surface area contributed by atoms with Crippen molar-refractivity contribution in [3.8, 4) is 0 Å². The number of hydrogen-bond donors (Lipinski definition) is 3. The molecule has 7 heteroatoms. The summed E-state index contributed by atoms with van der Waals surface area (Å²) in [5.41, 5.74) is 5.42. The minimum atomic E-state index is -0.459. The number of nitrogens with two attached hydrogens (primary N) is 1. The van der Waals surface area contributed by atoms with E-state index in [1.807, 2.05) is 19.1 Å². The summed E-state index contributed by atoms with van der Waals surface area (Å²) in [6, 6.07) is 8.40. The van der Waals surface area contributed by atoms with Crippen LogP contribution in [0.3, 0.4) is 0 Å². The van der Waals surface area contributed by atoms with E-state index in [9.17, 15) is 10.1 Å². The summed E-state index contributed by atoms with van der Waals surface area (Å²) in [6.07, 6.45) is 1.77. The number of nitro groups is 1. The van der Waals surface area contributed by atoms with Gasteiger partial charge in [-0.2, -0.15) is 0 Å². The number of aryl methyl sites for hydroxylation is 1. The average molecular weight is 273 g/mol. The molecule has 0 spiro atoms. The number of non-ortho nitro benzene ring substituents is 1. The summed E-state index contributed by atoms with van der Waals surface area (Å²) >= 11 is 0. The van der Waals surface area contributed by atoms with Crippen LogP contribution in [-0.4, -0.2) is 9.91 Å². The molecule has 1 aromatic heterocycles. The lowest BCUT2D eigenvalue weighted by Crippen LogP contribution is -2.08.